The number of ether oxygens (including phenoxy) is 1. The van der Waals surface area contributed by atoms with Gasteiger partial charge in [0.25, 0.3) is 0 Å². The van der Waals surface area contributed by atoms with Crippen LogP contribution in [0, 0.1) is 6.92 Å². The zero-order valence-corrected chi connectivity index (χ0v) is 11.7. The van der Waals surface area contributed by atoms with Gasteiger partial charge in [0.2, 0.25) is 5.91 Å². The first kappa shape index (κ1) is 12.6. The average molecular weight is 260 g/mol. The first-order chi connectivity index (χ1) is 9.08. The Kier molecular flexibility index (Phi) is 2.68. The van der Waals surface area contributed by atoms with E-state index in [9.17, 15) is 4.79 Å². The standard InChI is InChI=1S/C15H20N2O2/c1-4-14(5-2)12-11(7-6-10(3)16-12)15(8-19-9-15)17-13(14)18/h6-7H,4-5,8-9H2,1-3H3,(H,17,18). The fraction of sp³-hybridized carbons (Fsp3) is 0.600. The SMILES string of the molecule is CCC1(CC)C(=O)NC2(COC2)c2ccc(C)nc21. The second-order valence-electron chi connectivity index (χ2n) is 5.67. The molecule has 0 aromatic carbocycles. The summed E-state index contributed by atoms with van der Waals surface area (Å²) >= 11 is 0. The van der Waals surface area contributed by atoms with Gasteiger partial charge in [-0.2, -0.15) is 0 Å². The van der Waals surface area contributed by atoms with Crippen molar-refractivity contribution < 1.29 is 9.53 Å². The summed E-state index contributed by atoms with van der Waals surface area (Å²) in [5.41, 5.74) is 2.26. The smallest absolute Gasteiger partial charge is 0.233 e. The molecule has 1 spiro atoms. The fourth-order valence-electron chi connectivity index (χ4n) is 3.26. The van der Waals surface area contributed by atoms with E-state index >= 15 is 0 Å². The molecule has 4 nitrogen and oxygen atoms in total. The van der Waals surface area contributed by atoms with Crippen molar-refractivity contribution in [2.45, 2.75) is 44.6 Å². The maximum absolute atomic E-state index is 12.7. The first-order valence-corrected chi connectivity index (χ1v) is 6.97. The van der Waals surface area contributed by atoms with Crippen molar-refractivity contribution in [2.24, 2.45) is 0 Å². The highest BCUT2D eigenvalue weighted by Crippen LogP contribution is 2.44. The van der Waals surface area contributed by atoms with Crippen LogP contribution in [0.4, 0.5) is 0 Å². The van der Waals surface area contributed by atoms with Gasteiger partial charge in [0.15, 0.2) is 0 Å². The molecule has 1 aromatic rings. The largest absolute Gasteiger partial charge is 0.376 e. The molecule has 2 aliphatic heterocycles. The van der Waals surface area contributed by atoms with Gasteiger partial charge in [-0.1, -0.05) is 19.9 Å². The molecular weight excluding hydrogens is 240 g/mol. The van der Waals surface area contributed by atoms with Gasteiger partial charge in [-0.25, -0.2) is 0 Å². The molecule has 2 aliphatic rings. The van der Waals surface area contributed by atoms with Crippen molar-refractivity contribution in [2.75, 3.05) is 13.2 Å². The number of pyridine rings is 1. The van der Waals surface area contributed by atoms with Crippen molar-refractivity contribution in [3.8, 4) is 0 Å². The van der Waals surface area contributed by atoms with Crippen LogP contribution in [0.2, 0.25) is 0 Å². The Labute approximate surface area is 113 Å². The summed E-state index contributed by atoms with van der Waals surface area (Å²) in [6.45, 7) is 7.21. The first-order valence-electron chi connectivity index (χ1n) is 6.97. The number of hydrogen-bond acceptors (Lipinski definition) is 3. The Morgan fingerprint density at radius 2 is 2.00 bits per heavy atom. The lowest BCUT2D eigenvalue weighted by molar-refractivity contribution is -0.143. The van der Waals surface area contributed by atoms with Crippen molar-refractivity contribution in [3.05, 3.63) is 29.1 Å². The summed E-state index contributed by atoms with van der Waals surface area (Å²) in [6.07, 6.45) is 1.55. The van der Waals surface area contributed by atoms with Crippen molar-refractivity contribution in [1.29, 1.82) is 0 Å². The number of carbonyl (C=O) groups excluding carboxylic acids is 1. The van der Waals surface area contributed by atoms with Crippen LogP contribution in [0.3, 0.4) is 0 Å². The second-order valence-corrected chi connectivity index (χ2v) is 5.67. The predicted molar refractivity (Wildman–Crippen MR) is 71.9 cm³/mol. The highest BCUT2D eigenvalue weighted by atomic mass is 16.5. The van der Waals surface area contributed by atoms with Crippen LogP contribution in [-0.2, 0) is 20.5 Å². The molecule has 1 amide bonds. The minimum atomic E-state index is -0.484. The maximum Gasteiger partial charge on any atom is 0.233 e. The number of aromatic nitrogens is 1. The zero-order chi connectivity index (χ0) is 13.7. The van der Waals surface area contributed by atoms with E-state index in [1.54, 1.807) is 0 Å². The summed E-state index contributed by atoms with van der Waals surface area (Å²) in [6, 6.07) is 4.13. The Morgan fingerprint density at radius 3 is 2.53 bits per heavy atom. The number of nitrogens with zero attached hydrogens (tertiary/aromatic N) is 1. The molecule has 1 saturated heterocycles. The Bertz CT molecular complexity index is 531. The van der Waals surface area contributed by atoms with E-state index < -0.39 is 5.41 Å². The van der Waals surface area contributed by atoms with Gasteiger partial charge >= 0.3 is 0 Å². The van der Waals surface area contributed by atoms with Crippen molar-refractivity contribution in [3.63, 3.8) is 0 Å². The number of rotatable bonds is 2. The number of fused-ring (bicyclic) bond motifs is 2. The molecule has 0 bridgehead atoms. The lowest BCUT2D eigenvalue weighted by Gasteiger charge is -2.50. The minimum absolute atomic E-state index is 0.103. The van der Waals surface area contributed by atoms with Crippen molar-refractivity contribution >= 4 is 5.91 Å². The molecule has 1 aromatic heterocycles. The third-order valence-electron chi connectivity index (χ3n) is 4.69. The number of aryl methyl sites for hydroxylation is 1. The van der Waals surface area contributed by atoms with Crippen LogP contribution in [-0.4, -0.2) is 24.1 Å². The Balaban J connectivity index is 2.24. The molecule has 1 fully saturated rings. The average Bonchev–Trinajstić information content (AvgIpc) is 2.36. The highest BCUT2D eigenvalue weighted by molar-refractivity contribution is 5.91. The van der Waals surface area contributed by atoms with E-state index in [0.29, 0.717) is 13.2 Å². The van der Waals surface area contributed by atoms with Crippen LogP contribution in [0.5, 0.6) is 0 Å². The molecule has 0 atom stereocenters. The van der Waals surface area contributed by atoms with E-state index in [0.717, 1.165) is 29.8 Å². The molecule has 3 rings (SSSR count). The van der Waals surface area contributed by atoms with E-state index in [2.05, 4.69) is 25.2 Å². The van der Waals surface area contributed by atoms with Gasteiger partial charge in [0.1, 0.15) is 5.54 Å². The van der Waals surface area contributed by atoms with Gasteiger partial charge in [0, 0.05) is 11.3 Å². The molecular formula is C15H20N2O2. The molecule has 0 saturated carbocycles. The minimum Gasteiger partial charge on any atom is -0.376 e. The van der Waals surface area contributed by atoms with Crippen LogP contribution >= 0.6 is 0 Å². The summed E-state index contributed by atoms with van der Waals surface area (Å²) in [4.78, 5) is 17.4. The topological polar surface area (TPSA) is 51.2 Å². The van der Waals surface area contributed by atoms with Crippen LogP contribution in [0.1, 0.15) is 43.6 Å². The van der Waals surface area contributed by atoms with E-state index in [1.807, 2.05) is 13.0 Å². The van der Waals surface area contributed by atoms with Gasteiger partial charge in [0.05, 0.1) is 24.3 Å². The van der Waals surface area contributed by atoms with Gasteiger partial charge in [-0.15, -0.1) is 0 Å². The Morgan fingerprint density at radius 1 is 1.32 bits per heavy atom. The number of nitrogens with one attached hydrogen (secondary N) is 1. The van der Waals surface area contributed by atoms with Crippen molar-refractivity contribution in [1.82, 2.24) is 10.3 Å². The lowest BCUT2D eigenvalue weighted by Crippen LogP contribution is -2.67. The lowest BCUT2D eigenvalue weighted by atomic mass is 9.68. The molecule has 19 heavy (non-hydrogen) atoms. The number of amides is 1. The van der Waals surface area contributed by atoms with Gasteiger partial charge in [-0.3, -0.25) is 9.78 Å². The van der Waals surface area contributed by atoms with E-state index in [4.69, 9.17) is 9.72 Å². The zero-order valence-electron chi connectivity index (χ0n) is 11.7. The van der Waals surface area contributed by atoms with Crippen LogP contribution < -0.4 is 5.32 Å². The Hall–Kier alpha value is -1.42. The summed E-state index contributed by atoms with van der Waals surface area (Å²) in [7, 11) is 0. The summed E-state index contributed by atoms with van der Waals surface area (Å²) < 4.78 is 5.34. The van der Waals surface area contributed by atoms with E-state index in [1.165, 1.54) is 0 Å². The second kappa shape index (κ2) is 4.04. The summed E-state index contributed by atoms with van der Waals surface area (Å²) in [5, 5.41) is 3.19. The molecule has 1 N–H and O–H groups in total. The fourth-order valence-corrected chi connectivity index (χ4v) is 3.26. The monoisotopic (exact) mass is 260 g/mol. The molecule has 4 heteroatoms. The maximum atomic E-state index is 12.7. The van der Waals surface area contributed by atoms with Crippen LogP contribution in [0.25, 0.3) is 0 Å². The molecule has 0 unspecified atom stereocenters. The van der Waals surface area contributed by atoms with Gasteiger partial charge < -0.3 is 10.1 Å². The number of carbonyl (C=O) groups is 1. The quantitative estimate of drug-likeness (QED) is 0.882. The number of hydrogen-bond donors (Lipinski definition) is 1. The molecule has 0 aliphatic carbocycles. The van der Waals surface area contributed by atoms with E-state index in [-0.39, 0.29) is 11.4 Å². The highest BCUT2D eigenvalue weighted by Gasteiger charge is 2.54. The van der Waals surface area contributed by atoms with Gasteiger partial charge in [-0.05, 0) is 25.8 Å². The molecule has 3 heterocycles. The molecule has 102 valence electrons. The normalized spacial score (nSPS) is 22.6. The van der Waals surface area contributed by atoms with Crippen LogP contribution in [0.15, 0.2) is 12.1 Å². The summed E-state index contributed by atoms with van der Waals surface area (Å²) in [5.74, 6) is 0.103. The molecule has 0 radical (unpaired) electrons. The third-order valence-corrected chi connectivity index (χ3v) is 4.69. The third kappa shape index (κ3) is 1.49. The predicted octanol–water partition coefficient (Wildman–Crippen LogP) is 1.80.